The predicted molar refractivity (Wildman–Crippen MR) is 114 cm³/mol. The minimum Gasteiger partial charge on any atom is -0.372 e. The van der Waals surface area contributed by atoms with E-state index >= 15 is 0 Å². The van der Waals surface area contributed by atoms with Gasteiger partial charge < -0.3 is 15.5 Å². The standard InChI is InChI=1S/C22H24FN5O/c1-4-28(5-2)18-10-11-19(15(3)14-18)26-21(29)20-12-13-24-22(27-20)25-17-8-6-16(23)7-9-17/h6-14H,4-5H2,1-3H3,(H,26,29)(H,24,25,27). The molecule has 150 valence electrons. The van der Waals surface area contributed by atoms with E-state index in [9.17, 15) is 9.18 Å². The van der Waals surface area contributed by atoms with Crippen LogP contribution in [0.4, 0.5) is 27.4 Å². The monoisotopic (exact) mass is 393 g/mol. The van der Waals surface area contributed by atoms with Crippen molar-refractivity contribution in [3.63, 3.8) is 0 Å². The van der Waals surface area contributed by atoms with E-state index in [-0.39, 0.29) is 23.4 Å². The number of rotatable bonds is 7. The van der Waals surface area contributed by atoms with E-state index in [0.717, 1.165) is 30.0 Å². The summed E-state index contributed by atoms with van der Waals surface area (Å²) >= 11 is 0. The summed E-state index contributed by atoms with van der Waals surface area (Å²) in [6.07, 6.45) is 1.50. The SMILES string of the molecule is CCN(CC)c1ccc(NC(=O)c2ccnc(Nc3ccc(F)cc3)n2)c(C)c1. The van der Waals surface area contributed by atoms with Gasteiger partial charge in [0.05, 0.1) is 0 Å². The molecule has 0 saturated heterocycles. The minimum absolute atomic E-state index is 0.233. The van der Waals surface area contributed by atoms with Crippen molar-refractivity contribution in [1.82, 2.24) is 9.97 Å². The maximum atomic E-state index is 13.0. The molecule has 0 radical (unpaired) electrons. The lowest BCUT2D eigenvalue weighted by atomic mass is 10.1. The fourth-order valence-corrected chi connectivity index (χ4v) is 2.97. The Balaban J connectivity index is 1.73. The topological polar surface area (TPSA) is 70.2 Å². The number of anilines is 4. The zero-order valence-corrected chi connectivity index (χ0v) is 16.7. The second kappa shape index (κ2) is 9.14. The van der Waals surface area contributed by atoms with Crippen LogP contribution in [0.15, 0.2) is 54.7 Å². The molecule has 6 nitrogen and oxygen atoms in total. The van der Waals surface area contributed by atoms with Crippen LogP contribution in [0.2, 0.25) is 0 Å². The van der Waals surface area contributed by atoms with Crippen LogP contribution in [-0.2, 0) is 0 Å². The molecular formula is C22H24FN5O. The number of nitrogens with zero attached hydrogens (tertiary/aromatic N) is 3. The average molecular weight is 393 g/mol. The van der Waals surface area contributed by atoms with Crippen LogP contribution < -0.4 is 15.5 Å². The number of halogens is 1. The van der Waals surface area contributed by atoms with E-state index < -0.39 is 0 Å². The van der Waals surface area contributed by atoms with E-state index in [4.69, 9.17) is 0 Å². The maximum absolute atomic E-state index is 13.0. The Hall–Kier alpha value is -3.48. The number of nitrogens with one attached hydrogen (secondary N) is 2. The molecule has 29 heavy (non-hydrogen) atoms. The van der Waals surface area contributed by atoms with Gasteiger partial charge in [-0.15, -0.1) is 0 Å². The Kier molecular flexibility index (Phi) is 6.39. The van der Waals surface area contributed by atoms with Crippen LogP contribution in [0.3, 0.4) is 0 Å². The van der Waals surface area contributed by atoms with Gasteiger partial charge in [-0.1, -0.05) is 0 Å². The van der Waals surface area contributed by atoms with Crippen LogP contribution in [0, 0.1) is 12.7 Å². The van der Waals surface area contributed by atoms with Crippen LogP contribution in [0.25, 0.3) is 0 Å². The average Bonchev–Trinajstić information content (AvgIpc) is 2.73. The number of amides is 1. The van der Waals surface area contributed by atoms with E-state index in [1.54, 1.807) is 18.2 Å². The molecule has 2 aromatic carbocycles. The molecule has 0 bridgehead atoms. The minimum atomic E-state index is -0.327. The molecule has 0 aliphatic rings. The molecule has 0 atom stereocenters. The summed E-state index contributed by atoms with van der Waals surface area (Å²) in [4.78, 5) is 23.3. The van der Waals surface area contributed by atoms with Crippen molar-refractivity contribution in [2.45, 2.75) is 20.8 Å². The van der Waals surface area contributed by atoms with Crippen LogP contribution >= 0.6 is 0 Å². The van der Waals surface area contributed by atoms with E-state index in [2.05, 4.69) is 45.4 Å². The summed E-state index contributed by atoms with van der Waals surface area (Å²) in [5, 5.41) is 5.86. The Labute approximate surface area is 169 Å². The van der Waals surface area contributed by atoms with E-state index in [1.807, 2.05) is 19.1 Å². The Bertz CT molecular complexity index is 987. The Morgan fingerprint density at radius 2 is 1.79 bits per heavy atom. The number of aromatic nitrogens is 2. The number of hydrogen-bond acceptors (Lipinski definition) is 5. The molecule has 0 spiro atoms. The largest absolute Gasteiger partial charge is 0.372 e. The normalized spacial score (nSPS) is 10.5. The first-order valence-electron chi connectivity index (χ1n) is 9.52. The third-order valence-corrected chi connectivity index (χ3v) is 4.58. The van der Waals surface area contributed by atoms with Crippen molar-refractivity contribution in [2.75, 3.05) is 28.6 Å². The maximum Gasteiger partial charge on any atom is 0.274 e. The molecule has 1 heterocycles. The molecule has 0 unspecified atom stereocenters. The third kappa shape index (κ3) is 5.07. The van der Waals surface area contributed by atoms with Crippen molar-refractivity contribution in [1.29, 1.82) is 0 Å². The van der Waals surface area contributed by atoms with E-state index in [0.29, 0.717) is 5.69 Å². The molecule has 1 aromatic heterocycles. The number of carbonyl (C=O) groups is 1. The lowest BCUT2D eigenvalue weighted by molar-refractivity contribution is 0.102. The van der Waals surface area contributed by atoms with Gasteiger partial charge in [0, 0.05) is 36.3 Å². The zero-order valence-electron chi connectivity index (χ0n) is 16.7. The molecule has 0 aliphatic heterocycles. The second-order valence-corrected chi connectivity index (χ2v) is 6.52. The van der Waals surface area contributed by atoms with Crippen molar-refractivity contribution in [3.05, 3.63) is 71.8 Å². The summed E-state index contributed by atoms with van der Waals surface area (Å²) < 4.78 is 13.0. The lowest BCUT2D eigenvalue weighted by Crippen LogP contribution is -2.22. The van der Waals surface area contributed by atoms with E-state index in [1.165, 1.54) is 18.3 Å². The van der Waals surface area contributed by atoms with Gasteiger partial charge in [0.15, 0.2) is 0 Å². The zero-order chi connectivity index (χ0) is 20.8. The highest BCUT2D eigenvalue weighted by Crippen LogP contribution is 2.23. The molecule has 3 rings (SSSR count). The number of carbonyl (C=O) groups excluding carboxylic acids is 1. The lowest BCUT2D eigenvalue weighted by Gasteiger charge is -2.22. The highest BCUT2D eigenvalue weighted by atomic mass is 19.1. The fourth-order valence-electron chi connectivity index (χ4n) is 2.97. The van der Waals surface area contributed by atoms with Gasteiger partial charge in [0.1, 0.15) is 11.5 Å². The van der Waals surface area contributed by atoms with Crippen LogP contribution in [-0.4, -0.2) is 29.0 Å². The highest BCUT2D eigenvalue weighted by molar-refractivity contribution is 6.03. The first-order chi connectivity index (χ1) is 14.0. The molecule has 2 N–H and O–H groups in total. The second-order valence-electron chi connectivity index (χ2n) is 6.52. The number of benzene rings is 2. The quantitative estimate of drug-likeness (QED) is 0.605. The summed E-state index contributed by atoms with van der Waals surface area (Å²) in [6, 6.07) is 13.3. The summed E-state index contributed by atoms with van der Waals surface area (Å²) in [6.45, 7) is 8.03. The fraction of sp³-hybridized carbons (Fsp3) is 0.227. The van der Waals surface area contributed by atoms with Crippen molar-refractivity contribution >= 4 is 28.9 Å². The molecule has 0 aliphatic carbocycles. The smallest absolute Gasteiger partial charge is 0.274 e. The summed E-state index contributed by atoms with van der Waals surface area (Å²) in [5.74, 6) is -0.391. The molecule has 3 aromatic rings. The third-order valence-electron chi connectivity index (χ3n) is 4.58. The number of aryl methyl sites for hydroxylation is 1. The van der Waals surface area contributed by atoms with Crippen molar-refractivity contribution < 1.29 is 9.18 Å². The molecular weight excluding hydrogens is 369 g/mol. The molecule has 7 heteroatoms. The van der Waals surface area contributed by atoms with Crippen molar-refractivity contribution in [2.24, 2.45) is 0 Å². The van der Waals surface area contributed by atoms with Gasteiger partial charge in [-0.05, 0) is 74.9 Å². The summed E-state index contributed by atoms with van der Waals surface area (Å²) in [5.41, 5.74) is 3.70. The van der Waals surface area contributed by atoms with Crippen molar-refractivity contribution in [3.8, 4) is 0 Å². The summed E-state index contributed by atoms with van der Waals surface area (Å²) in [7, 11) is 0. The Morgan fingerprint density at radius 1 is 1.07 bits per heavy atom. The van der Waals surface area contributed by atoms with Crippen LogP contribution in [0.5, 0.6) is 0 Å². The first kappa shape index (κ1) is 20.3. The van der Waals surface area contributed by atoms with Gasteiger partial charge in [-0.2, -0.15) is 0 Å². The highest BCUT2D eigenvalue weighted by Gasteiger charge is 2.12. The van der Waals surface area contributed by atoms with Crippen LogP contribution in [0.1, 0.15) is 29.9 Å². The first-order valence-corrected chi connectivity index (χ1v) is 9.52. The molecule has 1 amide bonds. The van der Waals surface area contributed by atoms with Gasteiger partial charge in [-0.3, -0.25) is 4.79 Å². The predicted octanol–water partition coefficient (Wildman–Crippen LogP) is 4.77. The number of hydrogen-bond donors (Lipinski definition) is 2. The van der Waals surface area contributed by atoms with Gasteiger partial charge in [0.25, 0.3) is 5.91 Å². The van der Waals surface area contributed by atoms with Gasteiger partial charge in [0.2, 0.25) is 5.95 Å². The molecule has 0 fully saturated rings. The molecule has 0 saturated carbocycles. The Morgan fingerprint density at radius 3 is 2.45 bits per heavy atom. The van der Waals surface area contributed by atoms with Gasteiger partial charge in [-0.25, -0.2) is 14.4 Å². The van der Waals surface area contributed by atoms with Gasteiger partial charge >= 0.3 is 0 Å².